The maximum Gasteiger partial charge on any atom is 0.255 e. The number of hydrogen-bond acceptors (Lipinski definition) is 4. The van der Waals surface area contributed by atoms with Crippen LogP contribution < -0.4 is 5.73 Å². The first-order valence-corrected chi connectivity index (χ1v) is 7.54. The van der Waals surface area contributed by atoms with Gasteiger partial charge in [-0.1, -0.05) is 16.8 Å². The molecule has 1 aromatic rings. The van der Waals surface area contributed by atoms with Gasteiger partial charge >= 0.3 is 0 Å². The van der Waals surface area contributed by atoms with E-state index in [1.54, 1.807) is 0 Å². The number of hydrogen-bond donors (Lipinski definition) is 2. The SMILES string of the molecule is Cc1ccc(Br)c(C(=O)N2CCN(C/C(N)=N/O)CC2)c1. The molecule has 3 N–H and O–H groups in total. The molecule has 2 rings (SSSR count). The van der Waals surface area contributed by atoms with Gasteiger partial charge in [0.25, 0.3) is 5.91 Å². The van der Waals surface area contributed by atoms with Gasteiger partial charge in [0.05, 0.1) is 12.1 Å². The lowest BCUT2D eigenvalue weighted by molar-refractivity contribution is 0.0652. The topological polar surface area (TPSA) is 82.2 Å². The molecule has 1 saturated heterocycles. The van der Waals surface area contributed by atoms with Crippen LogP contribution in [0.25, 0.3) is 0 Å². The number of halogens is 1. The predicted molar refractivity (Wildman–Crippen MR) is 84.6 cm³/mol. The summed E-state index contributed by atoms with van der Waals surface area (Å²) in [5.41, 5.74) is 7.25. The van der Waals surface area contributed by atoms with Crippen LogP contribution in [-0.2, 0) is 0 Å². The van der Waals surface area contributed by atoms with Crippen molar-refractivity contribution in [1.82, 2.24) is 9.80 Å². The normalized spacial score (nSPS) is 17.0. The zero-order valence-corrected chi connectivity index (χ0v) is 13.5. The molecule has 0 saturated carbocycles. The number of oxime groups is 1. The Hall–Kier alpha value is -1.60. The number of rotatable bonds is 3. The Labute approximate surface area is 132 Å². The average Bonchev–Trinajstić information content (AvgIpc) is 2.49. The summed E-state index contributed by atoms with van der Waals surface area (Å²) in [4.78, 5) is 16.4. The molecule has 114 valence electrons. The maximum atomic E-state index is 12.5. The monoisotopic (exact) mass is 354 g/mol. The number of carbonyl (C=O) groups excluding carboxylic acids is 1. The molecule has 1 aliphatic heterocycles. The van der Waals surface area contributed by atoms with E-state index in [2.05, 4.69) is 26.0 Å². The Morgan fingerprint density at radius 2 is 2.05 bits per heavy atom. The first kappa shape index (κ1) is 15.8. The molecule has 0 aromatic heterocycles. The number of piperazine rings is 1. The summed E-state index contributed by atoms with van der Waals surface area (Å²) >= 11 is 3.43. The predicted octanol–water partition coefficient (Wildman–Crippen LogP) is 1.26. The molecule has 1 amide bonds. The lowest BCUT2D eigenvalue weighted by Gasteiger charge is -2.34. The minimum absolute atomic E-state index is 0.0361. The molecule has 6 nitrogen and oxygen atoms in total. The molecule has 0 spiro atoms. The summed E-state index contributed by atoms with van der Waals surface area (Å²) in [6, 6.07) is 5.77. The van der Waals surface area contributed by atoms with Crippen LogP contribution in [0.15, 0.2) is 27.8 Å². The van der Waals surface area contributed by atoms with Gasteiger partial charge in [0.1, 0.15) is 0 Å². The van der Waals surface area contributed by atoms with Crippen molar-refractivity contribution < 1.29 is 10.0 Å². The van der Waals surface area contributed by atoms with Crippen LogP contribution in [0.5, 0.6) is 0 Å². The van der Waals surface area contributed by atoms with Gasteiger partial charge in [-0.15, -0.1) is 0 Å². The largest absolute Gasteiger partial charge is 0.409 e. The summed E-state index contributed by atoms with van der Waals surface area (Å²) in [5, 5.41) is 11.5. The van der Waals surface area contributed by atoms with Crippen LogP contribution in [-0.4, -0.2) is 59.5 Å². The van der Waals surface area contributed by atoms with E-state index in [9.17, 15) is 4.79 Å². The van der Waals surface area contributed by atoms with Gasteiger partial charge in [-0.25, -0.2) is 0 Å². The van der Waals surface area contributed by atoms with Crippen molar-refractivity contribution in [2.45, 2.75) is 6.92 Å². The third kappa shape index (κ3) is 3.95. The summed E-state index contributed by atoms with van der Waals surface area (Å²) < 4.78 is 0.817. The van der Waals surface area contributed by atoms with E-state index < -0.39 is 0 Å². The van der Waals surface area contributed by atoms with E-state index in [0.29, 0.717) is 38.3 Å². The number of amides is 1. The second kappa shape index (κ2) is 6.91. The van der Waals surface area contributed by atoms with Crippen LogP contribution in [0.2, 0.25) is 0 Å². The molecule has 1 aliphatic rings. The van der Waals surface area contributed by atoms with Crippen LogP contribution in [0.4, 0.5) is 0 Å². The van der Waals surface area contributed by atoms with E-state index in [0.717, 1.165) is 10.0 Å². The van der Waals surface area contributed by atoms with E-state index in [1.807, 2.05) is 30.0 Å². The number of carbonyl (C=O) groups is 1. The minimum Gasteiger partial charge on any atom is -0.409 e. The summed E-state index contributed by atoms with van der Waals surface area (Å²) in [7, 11) is 0. The molecule has 0 atom stereocenters. The second-order valence-electron chi connectivity index (χ2n) is 5.14. The van der Waals surface area contributed by atoms with Gasteiger partial charge in [0.15, 0.2) is 5.84 Å². The van der Waals surface area contributed by atoms with Gasteiger partial charge in [0, 0.05) is 30.7 Å². The number of benzene rings is 1. The fraction of sp³-hybridized carbons (Fsp3) is 0.429. The van der Waals surface area contributed by atoms with Crippen molar-refractivity contribution in [3.8, 4) is 0 Å². The van der Waals surface area contributed by atoms with Crippen LogP contribution >= 0.6 is 15.9 Å². The van der Waals surface area contributed by atoms with Gasteiger partial charge < -0.3 is 15.8 Å². The smallest absolute Gasteiger partial charge is 0.255 e. The fourth-order valence-corrected chi connectivity index (χ4v) is 2.76. The highest BCUT2D eigenvalue weighted by Crippen LogP contribution is 2.20. The standard InChI is InChI=1S/C14H19BrN4O2/c1-10-2-3-12(15)11(8-10)14(20)19-6-4-18(5-7-19)9-13(16)17-21/h2-3,8,21H,4-7,9H2,1H3,(H2,16,17). The van der Waals surface area contributed by atoms with E-state index in [4.69, 9.17) is 10.9 Å². The lowest BCUT2D eigenvalue weighted by atomic mass is 10.1. The van der Waals surface area contributed by atoms with Gasteiger partial charge in [-0.05, 0) is 35.0 Å². The van der Waals surface area contributed by atoms with Crippen molar-refractivity contribution in [3.63, 3.8) is 0 Å². The Morgan fingerprint density at radius 3 is 2.67 bits per heavy atom. The molecule has 0 unspecified atom stereocenters. The Morgan fingerprint density at radius 1 is 1.38 bits per heavy atom. The van der Waals surface area contributed by atoms with Crippen LogP contribution in [0, 0.1) is 6.92 Å². The van der Waals surface area contributed by atoms with Crippen LogP contribution in [0.3, 0.4) is 0 Å². The van der Waals surface area contributed by atoms with Crippen molar-refractivity contribution in [1.29, 1.82) is 0 Å². The molecule has 0 radical (unpaired) electrons. The first-order valence-electron chi connectivity index (χ1n) is 6.75. The van der Waals surface area contributed by atoms with Crippen LogP contribution in [0.1, 0.15) is 15.9 Å². The van der Waals surface area contributed by atoms with Gasteiger partial charge in [-0.3, -0.25) is 9.69 Å². The molecule has 7 heteroatoms. The molecule has 0 aliphatic carbocycles. The van der Waals surface area contributed by atoms with Crippen molar-refractivity contribution in [2.75, 3.05) is 32.7 Å². The summed E-state index contributed by atoms with van der Waals surface area (Å²) in [6.07, 6.45) is 0. The highest BCUT2D eigenvalue weighted by Gasteiger charge is 2.23. The number of aryl methyl sites for hydroxylation is 1. The molecular weight excluding hydrogens is 336 g/mol. The molecule has 1 fully saturated rings. The van der Waals surface area contributed by atoms with E-state index >= 15 is 0 Å². The number of nitrogens with zero attached hydrogens (tertiary/aromatic N) is 3. The Balaban J connectivity index is 1.99. The fourth-order valence-electron chi connectivity index (χ4n) is 2.34. The average molecular weight is 355 g/mol. The molecular formula is C14H19BrN4O2. The first-order chi connectivity index (χ1) is 10.0. The lowest BCUT2D eigenvalue weighted by Crippen LogP contribution is -2.50. The third-order valence-corrected chi connectivity index (χ3v) is 4.22. The molecule has 1 heterocycles. The van der Waals surface area contributed by atoms with E-state index in [1.165, 1.54) is 0 Å². The zero-order chi connectivity index (χ0) is 15.4. The summed E-state index contributed by atoms with van der Waals surface area (Å²) in [6.45, 7) is 5.09. The maximum absolute atomic E-state index is 12.5. The molecule has 1 aromatic carbocycles. The Bertz CT molecular complexity index is 554. The summed E-state index contributed by atoms with van der Waals surface area (Å²) in [5.74, 6) is 0.227. The number of amidine groups is 1. The quantitative estimate of drug-likeness (QED) is 0.370. The van der Waals surface area contributed by atoms with Crippen molar-refractivity contribution in [3.05, 3.63) is 33.8 Å². The van der Waals surface area contributed by atoms with E-state index in [-0.39, 0.29) is 11.7 Å². The van der Waals surface area contributed by atoms with Gasteiger partial charge in [-0.2, -0.15) is 0 Å². The Kier molecular flexibility index (Phi) is 5.19. The number of nitrogens with two attached hydrogens (primary N) is 1. The molecule has 0 bridgehead atoms. The highest BCUT2D eigenvalue weighted by molar-refractivity contribution is 9.10. The van der Waals surface area contributed by atoms with Crippen molar-refractivity contribution in [2.24, 2.45) is 10.9 Å². The third-order valence-electron chi connectivity index (χ3n) is 3.53. The highest BCUT2D eigenvalue weighted by atomic mass is 79.9. The van der Waals surface area contributed by atoms with Crippen molar-refractivity contribution >= 4 is 27.7 Å². The zero-order valence-electron chi connectivity index (χ0n) is 11.9. The van der Waals surface area contributed by atoms with Gasteiger partial charge in [0.2, 0.25) is 0 Å². The second-order valence-corrected chi connectivity index (χ2v) is 6.00. The molecule has 21 heavy (non-hydrogen) atoms. The minimum atomic E-state index is 0.0361.